The first-order valence-corrected chi connectivity index (χ1v) is 5.32. The standard InChI is InChI=1S/C11H11N3O5/c1-17-10-7(3-2-4-12-10)11-14-13-8(19-11)5-18-6-9(15)16/h2-4H,5-6H2,1H3,(H,15,16). The lowest BCUT2D eigenvalue weighted by atomic mass is 10.3. The molecule has 19 heavy (non-hydrogen) atoms. The Morgan fingerprint density at radius 3 is 3.05 bits per heavy atom. The Labute approximate surface area is 108 Å². The molecule has 0 radical (unpaired) electrons. The van der Waals surface area contributed by atoms with Gasteiger partial charge in [-0.05, 0) is 12.1 Å². The maximum atomic E-state index is 10.3. The van der Waals surface area contributed by atoms with E-state index in [1.807, 2.05) is 0 Å². The molecule has 0 saturated carbocycles. The molecule has 8 heteroatoms. The zero-order chi connectivity index (χ0) is 13.7. The summed E-state index contributed by atoms with van der Waals surface area (Å²) in [6.07, 6.45) is 1.58. The molecule has 1 N–H and O–H groups in total. The molecule has 0 aliphatic carbocycles. The average molecular weight is 265 g/mol. The Kier molecular flexibility index (Phi) is 4.04. The number of pyridine rings is 1. The van der Waals surface area contributed by atoms with Crippen molar-refractivity contribution in [3.05, 3.63) is 24.2 Å². The van der Waals surface area contributed by atoms with Gasteiger partial charge in [-0.25, -0.2) is 9.78 Å². The minimum Gasteiger partial charge on any atom is -0.480 e. The van der Waals surface area contributed by atoms with Crippen molar-refractivity contribution >= 4 is 5.97 Å². The van der Waals surface area contributed by atoms with Gasteiger partial charge in [0.2, 0.25) is 11.8 Å². The van der Waals surface area contributed by atoms with E-state index in [2.05, 4.69) is 15.2 Å². The summed E-state index contributed by atoms with van der Waals surface area (Å²) in [6, 6.07) is 3.43. The third kappa shape index (κ3) is 3.26. The minimum absolute atomic E-state index is 0.0676. The SMILES string of the molecule is COc1ncccc1-c1nnc(COCC(=O)O)o1. The van der Waals surface area contributed by atoms with Crippen molar-refractivity contribution in [3.8, 4) is 17.3 Å². The second kappa shape index (κ2) is 5.91. The van der Waals surface area contributed by atoms with E-state index in [0.717, 1.165) is 0 Å². The van der Waals surface area contributed by atoms with E-state index in [4.69, 9.17) is 19.0 Å². The quantitative estimate of drug-likeness (QED) is 0.814. The smallest absolute Gasteiger partial charge is 0.329 e. The molecular formula is C11H11N3O5. The van der Waals surface area contributed by atoms with Gasteiger partial charge >= 0.3 is 5.97 Å². The van der Waals surface area contributed by atoms with Crippen molar-refractivity contribution < 1.29 is 23.8 Å². The zero-order valence-corrected chi connectivity index (χ0v) is 10.1. The Bertz CT molecular complexity index is 569. The molecule has 2 aromatic rings. The van der Waals surface area contributed by atoms with Crippen molar-refractivity contribution in [2.75, 3.05) is 13.7 Å². The molecule has 0 spiro atoms. The van der Waals surface area contributed by atoms with Crippen LogP contribution in [-0.4, -0.2) is 40.0 Å². The number of hydrogen-bond acceptors (Lipinski definition) is 7. The summed E-state index contributed by atoms with van der Waals surface area (Å²) in [5.74, 6) is -0.279. The Balaban J connectivity index is 2.10. The van der Waals surface area contributed by atoms with E-state index >= 15 is 0 Å². The molecule has 0 aliphatic heterocycles. The lowest BCUT2D eigenvalue weighted by molar-refractivity contribution is -0.142. The first-order valence-electron chi connectivity index (χ1n) is 5.32. The second-order valence-corrected chi connectivity index (χ2v) is 3.45. The third-order valence-corrected chi connectivity index (χ3v) is 2.11. The van der Waals surface area contributed by atoms with Crippen LogP contribution in [0.2, 0.25) is 0 Å². The highest BCUT2D eigenvalue weighted by molar-refractivity contribution is 5.68. The summed E-state index contributed by atoms with van der Waals surface area (Å²) in [5.41, 5.74) is 0.557. The van der Waals surface area contributed by atoms with Crippen molar-refractivity contribution in [1.29, 1.82) is 0 Å². The van der Waals surface area contributed by atoms with Gasteiger partial charge in [0, 0.05) is 6.20 Å². The summed E-state index contributed by atoms with van der Waals surface area (Å²) in [6.45, 7) is -0.490. The van der Waals surface area contributed by atoms with Gasteiger partial charge in [0.25, 0.3) is 5.89 Å². The highest BCUT2D eigenvalue weighted by Gasteiger charge is 2.14. The van der Waals surface area contributed by atoms with Gasteiger partial charge in [0.15, 0.2) is 0 Å². The Hall–Kier alpha value is -2.48. The van der Waals surface area contributed by atoms with Crippen LogP contribution in [0.3, 0.4) is 0 Å². The number of aliphatic carboxylic acids is 1. The molecule has 0 aromatic carbocycles. The Morgan fingerprint density at radius 1 is 1.47 bits per heavy atom. The van der Waals surface area contributed by atoms with Crippen LogP contribution in [0.5, 0.6) is 5.88 Å². The van der Waals surface area contributed by atoms with Crippen molar-refractivity contribution in [2.24, 2.45) is 0 Å². The minimum atomic E-state index is -1.06. The zero-order valence-electron chi connectivity index (χ0n) is 10.1. The maximum Gasteiger partial charge on any atom is 0.329 e. The highest BCUT2D eigenvalue weighted by atomic mass is 16.5. The van der Waals surface area contributed by atoms with Crippen LogP contribution in [0, 0.1) is 0 Å². The molecule has 0 bridgehead atoms. The molecule has 0 fully saturated rings. The van der Waals surface area contributed by atoms with Gasteiger partial charge in [0.1, 0.15) is 18.8 Å². The third-order valence-electron chi connectivity index (χ3n) is 2.11. The van der Waals surface area contributed by atoms with Crippen LogP contribution in [0.15, 0.2) is 22.7 Å². The van der Waals surface area contributed by atoms with Crippen LogP contribution in [0.1, 0.15) is 5.89 Å². The summed E-state index contributed by atoms with van der Waals surface area (Å²) < 4.78 is 15.3. The summed E-state index contributed by atoms with van der Waals surface area (Å²) in [5, 5.41) is 16.0. The number of hydrogen-bond donors (Lipinski definition) is 1. The fourth-order valence-corrected chi connectivity index (χ4v) is 1.36. The summed E-state index contributed by atoms with van der Waals surface area (Å²) in [4.78, 5) is 14.3. The fourth-order valence-electron chi connectivity index (χ4n) is 1.36. The van der Waals surface area contributed by atoms with Crippen molar-refractivity contribution in [1.82, 2.24) is 15.2 Å². The van der Waals surface area contributed by atoms with Crippen LogP contribution < -0.4 is 4.74 Å². The molecule has 8 nitrogen and oxygen atoms in total. The molecule has 2 heterocycles. The van der Waals surface area contributed by atoms with Gasteiger partial charge in [-0.15, -0.1) is 10.2 Å². The van der Waals surface area contributed by atoms with Gasteiger partial charge in [-0.1, -0.05) is 0 Å². The summed E-state index contributed by atoms with van der Waals surface area (Å²) in [7, 11) is 1.49. The van der Waals surface area contributed by atoms with E-state index in [9.17, 15) is 4.79 Å². The van der Waals surface area contributed by atoms with Crippen LogP contribution >= 0.6 is 0 Å². The number of carboxylic acids is 1. The van der Waals surface area contributed by atoms with Crippen molar-refractivity contribution in [3.63, 3.8) is 0 Å². The van der Waals surface area contributed by atoms with E-state index in [0.29, 0.717) is 11.4 Å². The maximum absolute atomic E-state index is 10.3. The predicted octanol–water partition coefficient (Wildman–Crippen LogP) is 0.741. The first-order chi connectivity index (χ1) is 9.20. The van der Waals surface area contributed by atoms with Gasteiger partial charge in [-0.3, -0.25) is 0 Å². The monoisotopic (exact) mass is 265 g/mol. The van der Waals surface area contributed by atoms with Gasteiger partial charge in [0.05, 0.1) is 7.11 Å². The van der Waals surface area contributed by atoms with Gasteiger partial charge < -0.3 is 19.0 Å². The number of aromatic nitrogens is 3. The highest BCUT2D eigenvalue weighted by Crippen LogP contribution is 2.26. The molecular weight excluding hydrogens is 254 g/mol. The summed E-state index contributed by atoms with van der Waals surface area (Å²) >= 11 is 0. The fraction of sp³-hybridized carbons (Fsp3) is 0.273. The molecule has 100 valence electrons. The molecule has 0 atom stereocenters. The number of methoxy groups -OCH3 is 1. The first kappa shape index (κ1) is 13.0. The normalized spacial score (nSPS) is 10.4. The molecule has 0 aliphatic rings. The van der Waals surface area contributed by atoms with Crippen LogP contribution in [0.4, 0.5) is 0 Å². The van der Waals surface area contributed by atoms with E-state index in [1.54, 1.807) is 18.3 Å². The number of ether oxygens (including phenoxy) is 2. The lowest BCUT2D eigenvalue weighted by Crippen LogP contribution is -2.06. The largest absolute Gasteiger partial charge is 0.480 e. The number of carbonyl (C=O) groups is 1. The molecule has 0 unspecified atom stereocenters. The topological polar surface area (TPSA) is 108 Å². The molecule has 0 amide bonds. The Morgan fingerprint density at radius 2 is 2.32 bits per heavy atom. The molecule has 2 aromatic heterocycles. The number of carboxylic acid groups (broad SMARTS) is 1. The average Bonchev–Trinajstić information content (AvgIpc) is 2.87. The van der Waals surface area contributed by atoms with Gasteiger partial charge in [-0.2, -0.15) is 0 Å². The van der Waals surface area contributed by atoms with E-state index in [-0.39, 0.29) is 18.4 Å². The van der Waals surface area contributed by atoms with Crippen molar-refractivity contribution in [2.45, 2.75) is 6.61 Å². The molecule has 0 saturated heterocycles. The second-order valence-electron chi connectivity index (χ2n) is 3.45. The molecule has 2 rings (SSSR count). The number of rotatable bonds is 6. The number of nitrogens with zero attached hydrogens (tertiary/aromatic N) is 3. The van der Waals surface area contributed by atoms with Crippen LogP contribution in [0.25, 0.3) is 11.5 Å². The van der Waals surface area contributed by atoms with E-state index in [1.165, 1.54) is 7.11 Å². The van der Waals surface area contributed by atoms with Crippen LogP contribution in [-0.2, 0) is 16.1 Å². The predicted molar refractivity (Wildman–Crippen MR) is 61.4 cm³/mol. The van der Waals surface area contributed by atoms with E-state index < -0.39 is 12.6 Å². The lowest BCUT2D eigenvalue weighted by Gasteiger charge is -2.01.